The van der Waals surface area contributed by atoms with E-state index < -0.39 is 17.7 Å². The Morgan fingerprint density at radius 3 is 2.71 bits per heavy atom. The third kappa shape index (κ3) is 5.93. The van der Waals surface area contributed by atoms with Crippen molar-refractivity contribution < 1.29 is 23.5 Å². The maximum absolute atomic E-state index is 13.7. The Morgan fingerprint density at radius 1 is 1.29 bits per heavy atom. The maximum atomic E-state index is 13.7. The zero-order valence-electron chi connectivity index (χ0n) is 14.9. The van der Waals surface area contributed by atoms with Crippen molar-refractivity contribution in [2.45, 2.75) is 6.92 Å². The highest BCUT2D eigenvalue weighted by Crippen LogP contribution is 2.26. The van der Waals surface area contributed by atoms with E-state index in [4.69, 9.17) is 9.47 Å². The third-order valence-electron chi connectivity index (χ3n) is 3.41. The minimum absolute atomic E-state index is 0.0401. The van der Waals surface area contributed by atoms with E-state index in [9.17, 15) is 19.2 Å². The quantitative estimate of drug-likeness (QED) is 0.393. The molecule has 28 heavy (non-hydrogen) atoms. The molecular weight excluding hydrogens is 431 g/mol. The molecule has 0 heterocycles. The van der Waals surface area contributed by atoms with Gasteiger partial charge in [0.05, 0.1) is 12.3 Å². The van der Waals surface area contributed by atoms with Crippen molar-refractivity contribution in [3.8, 4) is 11.8 Å². The Morgan fingerprint density at radius 2 is 2.04 bits per heavy atom. The molecule has 1 N–H and O–H groups in total. The van der Waals surface area contributed by atoms with E-state index in [1.807, 2.05) is 0 Å². The molecule has 0 fully saturated rings. The lowest BCUT2D eigenvalue weighted by molar-refractivity contribution is -0.145. The Balaban J connectivity index is 2.26. The van der Waals surface area contributed by atoms with Crippen molar-refractivity contribution in [3.63, 3.8) is 0 Å². The molecule has 2 rings (SSSR count). The summed E-state index contributed by atoms with van der Waals surface area (Å²) in [5, 5.41) is 11.7. The fourth-order valence-corrected chi connectivity index (χ4v) is 2.54. The molecule has 144 valence electrons. The summed E-state index contributed by atoms with van der Waals surface area (Å²) >= 11 is 3.30. The molecule has 2 aromatic carbocycles. The first-order valence-electron chi connectivity index (χ1n) is 8.20. The number of nitriles is 1. The third-order valence-corrected chi connectivity index (χ3v) is 3.90. The Kier molecular flexibility index (Phi) is 7.72. The van der Waals surface area contributed by atoms with E-state index in [0.29, 0.717) is 10.0 Å². The molecule has 2 aromatic rings. The van der Waals surface area contributed by atoms with Crippen LogP contribution in [0, 0.1) is 17.1 Å². The molecule has 0 spiro atoms. The predicted molar refractivity (Wildman–Crippen MR) is 105 cm³/mol. The molecular formula is C20H16BrFN2O4. The highest BCUT2D eigenvalue weighted by Gasteiger charge is 2.14. The standard InChI is InChI=1S/C20H16BrFN2O4/c1-2-27-19(25)12-28-18-8-7-15(21)10-13(18)9-14(11-23)20(26)24-17-6-4-3-5-16(17)22/h3-10H,2,12H2,1H3,(H,24,26)/b14-9-. The second-order valence-electron chi connectivity index (χ2n) is 5.38. The van der Waals surface area contributed by atoms with Gasteiger partial charge in [0.25, 0.3) is 5.91 Å². The summed E-state index contributed by atoms with van der Waals surface area (Å²) in [6, 6.07) is 12.3. The van der Waals surface area contributed by atoms with Gasteiger partial charge in [-0.3, -0.25) is 4.79 Å². The number of ether oxygens (including phenoxy) is 2. The molecule has 0 atom stereocenters. The molecule has 0 aliphatic carbocycles. The number of esters is 1. The van der Waals surface area contributed by atoms with E-state index in [1.165, 1.54) is 24.3 Å². The number of hydrogen-bond acceptors (Lipinski definition) is 5. The zero-order chi connectivity index (χ0) is 20.5. The number of para-hydroxylation sites is 1. The van der Waals surface area contributed by atoms with Crippen LogP contribution in [0.1, 0.15) is 12.5 Å². The lowest BCUT2D eigenvalue weighted by atomic mass is 10.1. The molecule has 0 radical (unpaired) electrons. The van der Waals surface area contributed by atoms with Gasteiger partial charge in [0.1, 0.15) is 23.2 Å². The fraction of sp³-hybridized carbons (Fsp3) is 0.150. The van der Waals surface area contributed by atoms with Crippen molar-refractivity contribution in [3.05, 3.63) is 63.9 Å². The number of halogens is 2. The maximum Gasteiger partial charge on any atom is 0.344 e. The lowest BCUT2D eigenvalue weighted by Gasteiger charge is -2.10. The van der Waals surface area contributed by atoms with Gasteiger partial charge in [-0.2, -0.15) is 5.26 Å². The van der Waals surface area contributed by atoms with Crippen LogP contribution in [0.2, 0.25) is 0 Å². The normalized spacial score (nSPS) is 10.7. The Labute approximate surface area is 169 Å². The fourth-order valence-electron chi connectivity index (χ4n) is 2.16. The predicted octanol–water partition coefficient (Wildman–Crippen LogP) is 4.08. The molecule has 1 amide bonds. The number of nitrogens with one attached hydrogen (secondary N) is 1. The van der Waals surface area contributed by atoms with Crippen LogP contribution in [0.4, 0.5) is 10.1 Å². The summed E-state index contributed by atoms with van der Waals surface area (Å²) in [6.07, 6.45) is 1.29. The molecule has 0 saturated carbocycles. The van der Waals surface area contributed by atoms with Gasteiger partial charge in [-0.25, -0.2) is 9.18 Å². The average molecular weight is 447 g/mol. The molecule has 0 unspecified atom stereocenters. The minimum Gasteiger partial charge on any atom is -0.481 e. The number of amides is 1. The van der Waals surface area contributed by atoms with Gasteiger partial charge >= 0.3 is 5.97 Å². The van der Waals surface area contributed by atoms with Crippen molar-refractivity contribution in [2.24, 2.45) is 0 Å². The highest BCUT2D eigenvalue weighted by molar-refractivity contribution is 9.10. The highest BCUT2D eigenvalue weighted by atomic mass is 79.9. The first-order chi connectivity index (χ1) is 13.4. The van der Waals surface area contributed by atoms with Crippen LogP contribution < -0.4 is 10.1 Å². The summed E-state index contributed by atoms with van der Waals surface area (Å²) in [5.74, 6) is -1.65. The van der Waals surface area contributed by atoms with Crippen LogP contribution in [0.3, 0.4) is 0 Å². The van der Waals surface area contributed by atoms with Gasteiger partial charge in [0, 0.05) is 10.0 Å². The first kappa shape index (κ1) is 21.1. The van der Waals surface area contributed by atoms with Crippen LogP contribution in [0.15, 0.2) is 52.5 Å². The lowest BCUT2D eigenvalue weighted by Crippen LogP contribution is -2.15. The van der Waals surface area contributed by atoms with E-state index in [1.54, 1.807) is 37.3 Å². The van der Waals surface area contributed by atoms with Gasteiger partial charge in [-0.05, 0) is 43.3 Å². The Hall–Kier alpha value is -3.18. The number of nitrogens with zero attached hydrogens (tertiary/aromatic N) is 1. The van der Waals surface area contributed by atoms with Gasteiger partial charge < -0.3 is 14.8 Å². The molecule has 0 aromatic heterocycles. The molecule has 6 nitrogen and oxygen atoms in total. The van der Waals surface area contributed by atoms with E-state index in [-0.39, 0.29) is 30.2 Å². The summed E-state index contributed by atoms with van der Waals surface area (Å²) in [5.41, 5.74) is 0.0860. The number of rotatable bonds is 7. The van der Waals surface area contributed by atoms with Crippen molar-refractivity contribution >= 4 is 39.6 Å². The van der Waals surface area contributed by atoms with Crippen LogP contribution in [0.25, 0.3) is 6.08 Å². The largest absolute Gasteiger partial charge is 0.481 e. The minimum atomic E-state index is -0.774. The molecule has 0 aliphatic rings. The summed E-state index contributed by atoms with van der Waals surface area (Å²) in [6.45, 7) is 1.59. The van der Waals surface area contributed by atoms with Crippen molar-refractivity contribution in [1.29, 1.82) is 5.26 Å². The van der Waals surface area contributed by atoms with Gasteiger partial charge in [0.15, 0.2) is 6.61 Å². The van der Waals surface area contributed by atoms with Crippen LogP contribution in [-0.2, 0) is 14.3 Å². The van der Waals surface area contributed by atoms with Crippen LogP contribution in [0.5, 0.6) is 5.75 Å². The molecule has 8 heteroatoms. The van der Waals surface area contributed by atoms with E-state index in [0.717, 1.165) is 0 Å². The number of hydrogen-bond donors (Lipinski definition) is 1. The molecule has 0 saturated heterocycles. The number of carbonyl (C=O) groups is 2. The zero-order valence-corrected chi connectivity index (χ0v) is 16.5. The Bertz CT molecular complexity index is 953. The van der Waals surface area contributed by atoms with Gasteiger partial charge in [0.2, 0.25) is 0 Å². The van der Waals surface area contributed by atoms with Gasteiger partial charge in [-0.15, -0.1) is 0 Å². The van der Waals surface area contributed by atoms with Crippen LogP contribution >= 0.6 is 15.9 Å². The number of anilines is 1. The first-order valence-corrected chi connectivity index (χ1v) is 8.99. The number of carbonyl (C=O) groups excluding carboxylic acids is 2. The molecule has 0 aliphatic heterocycles. The number of benzene rings is 2. The van der Waals surface area contributed by atoms with E-state index in [2.05, 4.69) is 21.2 Å². The van der Waals surface area contributed by atoms with Crippen molar-refractivity contribution in [1.82, 2.24) is 0 Å². The topological polar surface area (TPSA) is 88.4 Å². The molecule has 0 bridgehead atoms. The summed E-state index contributed by atoms with van der Waals surface area (Å²) < 4.78 is 24.6. The van der Waals surface area contributed by atoms with Gasteiger partial charge in [-0.1, -0.05) is 28.1 Å². The smallest absolute Gasteiger partial charge is 0.344 e. The van der Waals surface area contributed by atoms with E-state index >= 15 is 0 Å². The van der Waals surface area contributed by atoms with Crippen molar-refractivity contribution in [2.75, 3.05) is 18.5 Å². The SMILES string of the molecule is CCOC(=O)COc1ccc(Br)cc1/C=C(/C#N)C(=O)Nc1ccccc1F. The second kappa shape index (κ2) is 10.2. The average Bonchev–Trinajstić information content (AvgIpc) is 2.67. The summed E-state index contributed by atoms with van der Waals surface area (Å²) in [4.78, 5) is 23.8. The summed E-state index contributed by atoms with van der Waals surface area (Å²) in [7, 11) is 0. The second-order valence-corrected chi connectivity index (χ2v) is 6.30. The monoisotopic (exact) mass is 446 g/mol. The van der Waals surface area contributed by atoms with Crippen LogP contribution in [-0.4, -0.2) is 25.1 Å².